The highest BCUT2D eigenvalue weighted by Gasteiger charge is 2.12. The van der Waals surface area contributed by atoms with Crippen molar-refractivity contribution in [3.05, 3.63) is 54.5 Å². The molecule has 2 heterocycles. The summed E-state index contributed by atoms with van der Waals surface area (Å²) in [4.78, 5) is 8.56. The molecule has 26 heavy (non-hydrogen) atoms. The minimum Gasteiger partial charge on any atom is -0.483 e. The summed E-state index contributed by atoms with van der Waals surface area (Å²) in [6, 6.07) is 11.8. The maximum absolute atomic E-state index is 9.53. The molecule has 0 aliphatic rings. The van der Waals surface area contributed by atoms with Gasteiger partial charge in [-0.25, -0.2) is 4.98 Å². The summed E-state index contributed by atoms with van der Waals surface area (Å²) in [7, 11) is 0. The van der Waals surface area contributed by atoms with Crippen LogP contribution in [-0.4, -0.2) is 27.7 Å². The summed E-state index contributed by atoms with van der Waals surface area (Å²) >= 11 is 0. The van der Waals surface area contributed by atoms with E-state index in [9.17, 15) is 5.11 Å². The first-order valence-electron chi connectivity index (χ1n) is 8.79. The highest BCUT2D eigenvalue weighted by molar-refractivity contribution is 5.81. The van der Waals surface area contributed by atoms with Crippen LogP contribution in [0, 0.1) is 0 Å². The molecule has 136 valence electrons. The quantitative estimate of drug-likeness (QED) is 0.575. The molecule has 0 fully saturated rings. The van der Waals surface area contributed by atoms with Crippen molar-refractivity contribution in [3.8, 4) is 5.75 Å². The number of aliphatic hydroxyl groups excluding tert-OH is 1. The number of hydrogen-bond acceptors (Lipinski definition) is 6. The third kappa shape index (κ3) is 4.40. The molecule has 0 saturated heterocycles. The number of benzene rings is 1. The standard InChI is InChI=1S/C20H24N4O2/c1-2-5-16(12-25)24-18-9-20(21)23-11-19(18)26-13-17-8-14-6-3-4-7-15(14)10-22-17/h3-4,6-11,16,25H,2,5,12-13H2,1H3,(H3,21,23,24)/t16-/m0/s1. The minimum atomic E-state index is -0.0528. The molecule has 0 radical (unpaired) electrons. The van der Waals surface area contributed by atoms with Gasteiger partial charge in [-0.05, 0) is 17.9 Å². The number of aromatic nitrogens is 2. The van der Waals surface area contributed by atoms with Crippen molar-refractivity contribution in [3.63, 3.8) is 0 Å². The van der Waals surface area contributed by atoms with E-state index in [1.54, 1.807) is 12.3 Å². The van der Waals surface area contributed by atoms with Crippen LogP contribution in [0.25, 0.3) is 10.8 Å². The SMILES string of the molecule is CCC[C@@H](CO)Nc1cc(N)ncc1OCc1cc2ccccc2cn1. The van der Waals surface area contributed by atoms with Crippen molar-refractivity contribution >= 4 is 22.3 Å². The van der Waals surface area contributed by atoms with Crippen molar-refractivity contribution in [2.75, 3.05) is 17.7 Å². The lowest BCUT2D eigenvalue weighted by Gasteiger charge is -2.19. The average molecular weight is 352 g/mol. The van der Waals surface area contributed by atoms with E-state index in [1.165, 1.54) is 0 Å². The first-order chi connectivity index (χ1) is 12.7. The van der Waals surface area contributed by atoms with Crippen molar-refractivity contribution in [2.24, 2.45) is 0 Å². The Hall–Kier alpha value is -2.86. The number of aliphatic hydroxyl groups is 1. The molecule has 1 atom stereocenters. The zero-order valence-corrected chi connectivity index (χ0v) is 14.9. The van der Waals surface area contributed by atoms with Crippen LogP contribution in [0.15, 0.2) is 48.8 Å². The lowest BCUT2D eigenvalue weighted by Crippen LogP contribution is -2.24. The summed E-state index contributed by atoms with van der Waals surface area (Å²) in [5.74, 6) is 0.987. The molecule has 0 spiro atoms. The monoisotopic (exact) mass is 352 g/mol. The van der Waals surface area contributed by atoms with Gasteiger partial charge in [0.25, 0.3) is 0 Å². The fourth-order valence-electron chi connectivity index (χ4n) is 2.82. The van der Waals surface area contributed by atoms with Crippen molar-refractivity contribution < 1.29 is 9.84 Å². The second kappa shape index (κ2) is 8.49. The van der Waals surface area contributed by atoms with Crippen molar-refractivity contribution in [1.29, 1.82) is 0 Å². The third-order valence-electron chi connectivity index (χ3n) is 4.17. The van der Waals surface area contributed by atoms with Gasteiger partial charge in [-0.2, -0.15) is 0 Å². The van der Waals surface area contributed by atoms with E-state index in [0.29, 0.717) is 18.2 Å². The van der Waals surface area contributed by atoms with E-state index >= 15 is 0 Å². The van der Waals surface area contributed by atoms with Crippen LogP contribution in [0.5, 0.6) is 5.75 Å². The van der Waals surface area contributed by atoms with Crippen LogP contribution in [0.3, 0.4) is 0 Å². The smallest absolute Gasteiger partial charge is 0.161 e. The molecule has 0 aliphatic carbocycles. The summed E-state index contributed by atoms with van der Waals surface area (Å²) in [6.45, 7) is 2.44. The maximum Gasteiger partial charge on any atom is 0.161 e. The van der Waals surface area contributed by atoms with Crippen LogP contribution in [-0.2, 0) is 6.61 Å². The van der Waals surface area contributed by atoms with Gasteiger partial charge in [-0.15, -0.1) is 0 Å². The van der Waals surface area contributed by atoms with Crippen LogP contribution in [0.1, 0.15) is 25.5 Å². The van der Waals surface area contributed by atoms with Gasteiger partial charge in [0.1, 0.15) is 12.4 Å². The Labute approximate surface area is 153 Å². The molecule has 0 aliphatic heterocycles. The van der Waals surface area contributed by atoms with E-state index in [2.05, 4.69) is 28.3 Å². The van der Waals surface area contributed by atoms with E-state index in [1.807, 2.05) is 30.5 Å². The molecular formula is C20H24N4O2. The lowest BCUT2D eigenvalue weighted by atomic mass is 10.1. The van der Waals surface area contributed by atoms with Gasteiger partial charge in [0.2, 0.25) is 0 Å². The average Bonchev–Trinajstić information content (AvgIpc) is 2.67. The molecule has 6 heteroatoms. The zero-order valence-electron chi connectivity index (χ0n) is 14.9. The maximum atomic E-state index is 9.53. The van der Waals surface area contributed by atoms with Gasteiger partial charge >= 0.3 is 0 Å². The molecule has 0 unspecified atom stereocenters. The van der Waals surface area contributed by atoms with Crippen molar-refractivity contribution in [2.45, 2.75) is 32.4 Å². The van der Waals surface area contributed by atoms with E-state index in [0.717, 1.165) is 35.0 Å². The Balaban J connectivity index is 1.75. The second-order valence-electron chi connectivity index (χ2n) is 6.23. The Morgan fingerprint density at radius 1 is 1.15 bits per heavy atom. The second-order valence-corrected chi connectivity index (χ2v) is 6.23. The first kappa shape index (κ1) is 17.9. The lowest BCUT2D eigenvalue weighted by molar-refractivity contribution is 0.267. The number of nitrogens with zero attached hydrogens (tertiary/aromatic N) is 2. The number of fused-ring (bicyclic) bond motifs is 1. The molecule has 2 aromatic heterocycles. The number of rotatable bonds is 8. The molecule has 4 N–H and O–H groups in total. The number of nitrogen functional groups attached to an aromatic ring is 1. The Morgan fingerprint density at radius 3 is 2.73 bits per heavy atom. The molecule has 0 saturated carbocycles. The molecule has 1 aromatic carbocycles. The number of pyridine rings is 2. The predicted molar refractivity (Wildman–Crippen MR) is 104 cm³/mol. The molecule has 0 bridgehead atoms. The highest BCUT2D eigenvalue weighted by atomic mass is 16.5. The number of nitrogens with two attached hydrogens (primary N) is 1. The number of ether oxygens (including phenoxy) is 1. The summed E-state index contributed by atoms with van der Waals surface area (Å²) < 4.78 is 5.93. The van der Waals surface area contributed by atoms with E-state index < -0.39 is 0 Å². The summed E-state index contributed by atoms with van der Waals surface area (Å²) in [5, 5.41) is 15.0. The largest absolute Gasteiger partial charge is 0.483 e. The molecule has 0 amide bonds. The van der Waals surface area contributed by atoms with E-state index in [4.69, 9.17) is 10.5 Å². The first-order valence-corrected chi connectivity index (χ1v) is 8.79. The number of hydrogen-bond donors (Lipinski definition) is 3. The van der Waals surface area contributed by atoms with Crippen LogP contribution < -0.4 is 15.8 Å². The van der Waals surface area contributed by atoms with Gasteiger partial charge < -0.3 is 20.9 Å². The normalized spacial score (nSPS) is 12.1. The fraction of sp³-hybridized carbons (Fsp3) is 0.300. The van der Waals surface area contributed by atoms with Gasteiger partial charge in [0.05, 0.1) is 24.2 Å². The van der Waals surface area contributed by atoms with E-state index in [-0.39, 0.29) is 12.6 Å². The number of nitrogens with one attached hydrogen (secondary N) is 1. The van der Waals surface area contributed by atoms with Crippen LogP contribution in [0.4, 0.5) is 11.5 Å². The zero-order chi connectivity index (χ0) is 18.4. The topological polar surface area (TPSA) is 93.3 Å². The van der Waals surface area contributed by atoms with Gasteiger partial charge in [-0.3, -0.25) is 4.98 Å². The predicted octanol–water partition coefficient (Wildman–Crippen LogP) is 3.36. The van der Waals surface area contributed by atoms with Crippen molar-refractivity contribution in [1.82, 2.24) is 9.97 Å². The van der Waals surface area contributed by atoms with Gasteiger partial charge in [-0.1, -0.05) is 37.6 Å². The van der Waals surface area contributed by atoms with Gasteiger partial charge in [0, 0.05) is 23.7 Å². The number of anilines is 2. The minimum absolute atomic E-state index is 0.0434. The molecule has 3 aromatic rings. The van der Waals surface area contributed by atoms with Gasteiger partial charge in [0.15, 0.2) is 5.75 Å². The Bertz CT molecular complexity index is 869. The summed E-state index contributed by atoms with van der Waals surface area (Å²) in [5.41, 5.74) is 7.37. The summed E-state index contributed by atoms with van der Waals surface area (Å²) in [6.07, 6.45) is 5.26. The van der Waals surface area contributed by atoms with Crippen LogP contribution >= 0.6 is 0 Å². The Kier molecular flexibility index (Phi) is 5.86. The highest BCUT2D eigenvalue weighted by Crippen LogP contribution is 2.27. The molecular weight excluding hydrogens is 328 g/mol. The Morgan fingerprint density at radius 2 is 1.96 bits per heavy atom. The molecule has 6 nitrogen and oxygen atoms in total. The fourth-order valence-corrected chi connectivity index (χ4v) is 2.82. The molecule has 3 rings (SSSR count). The third-order valence-corrected chi connectivity index (χ3v) is 4.17. The van der Waals surface area contributed by atoms with Crippen LogP contribution in [0.2, 0.25) is 0 Å².